The number of carboxylic acids is 1. The second-order valence-corrected chi connectivity index (χ2v) is 6.90. The summed E-state index contributed by atoms with van der Waals surface area (Å²) in [6.07, 6.45) is -0.161. The van der Waals surface area contributed by atoms with Gasteiger partial charge in [0.1, 0.15) is 17.2 Å². The number of benzene rings is 1. The van der Waals surface area contributed by atoms with Crippen LogP contribution < -0.4 is 5.56 Å². The van der Waals surface area contributed by atoms with Gasteiger partial charge in [0.2, 0.25) is 0 Å². The highest BCUT2D eigenvalue weighted by Gasteiger charge is 2.30. The van der Waals surface area contributed by atoms with Gasteiger partial charge < -0.3 is 10.0 Å². The summed E-state index contributed by atoms with van der Waals surface area (Å²) >= 11 is 1.58. The largest absolute Gasteiger partial charge is 0.481 e. The van der Waals surface area contributed by atoms with E-state index in [-0.39, 0.29) is 17.8 Å². The van der Waals surface area contributed by atoms with Crippen LogP contribution in [0.2, 0.25) is 0 Å². The van der Waals surface area contributed by atoms with Crippen molar-refractivity contribution in [3.63, 3.8) is 0 Å². The molecule has 2 aromatic rings. The first-order valence-corrected chi connectivity index (χ1v) is 9.08. The molecule has 1 aliphatic heterocycles. The minimum atomic E-state index is -0.986. The molecule has 0 spiro atoms. The molecular weight excluding hydrogens is 361 g/mol. The second-order valence-electron chi connectivity index (χ2n) is 5.75. The Morgan fingerprint density at radius 2 is 2.04 bits per heavy atom. The van der Waals surface area contributed by atoms with Gasteiger partial charge in [0.05, 0.1) is 12.5 Å². The lowest BCUT2D eigenvalue weighted by molar-refractivity contribution is -0.138. The van der Waals surface area contributed by atoms with Crippen molar-refractivity contribution < 1.29 is 19.1 Å². The maximum absolute atomic E-state index is 14.0. The molecule has 2 heterocycles. The molecule has 1 saturated heterocycles. The number of hydrogen-bond acceptors (Lipinski definition) is 5. The fourth-order valence-corrected chi connectivity index (χ4v) is 3.82. The molecule has 1 aromatic carbocycles. The summed E-state index contributed by atoms with van der Waals surface area (Å²) in [5.74, 6) is -0.883. The molecule has 0 radical (unpaired) electrons. The van der Waals surface area contributed by atoms with Gasteiger partial charge in [-0.2, -0.15) is 21.5 Å². The second kappa shape index (κ2) is 7.69. The topological polar surface area (TPSA) is 92.5 Å². The van der Waals surface area contributed by atoms with Crippen LogP contribution >= 0.6 is 11.8 Å². The zero-order valence-corrected chi connectivity index (χ0v) is 14.5. The normalized spacial score (nSPS) is 17.1. The number of halogens is 1. The molecule has 26 heavy (non-hydrogen) atoms. The SMILES string of the molecule is O=C(O)CC1CSCCN1C(=O)c1ccc(=O)n(-c2ccccc2F)n1. The maximum atomic E-state index is 14.0. The average molecular weight is 377 g/mol. The third-order valence-electron chi connectivity index (χ3n) is 4.00. The molecule has 136 valence electrons. The third-order valence-corrected chi connectivity index (χ3v) is 5.09. The van der Waals surface area contributed by atoms with Crippen LogP contribution in [0.1, 0.15) is 16.9 Å². The predicted octanol–water partition coefficient (Wildman–Crippen LogP) is 1.40. The van der Waals surface area contributed by atoms with Gasteiger partial charge in [-0.25, -0.2) is 4.39 Å². The molecule has 1 aliphatic rings. The minimum absolute atomic E-state index is 0.0323. The number of rotatable bonds is 4. The van der Waals surface area contributed by atoms with Crippen LogP contribution in [0.25, 0.3) is 5.69 Å². The van der Waals surface area contributed by atoms with E-state index in [0.717, 1.165) is 10.7 Å². The number of thioether (sulfide) groups is 1. The summed E-state index contributed by atoms with van der Waals surface area (Å²) in [5.41, 5.74) is -0.651. The quantitative estimate of drug-likeness (QED) is 0.866. The number of carbonyl (C=O) groups excluding carboxylic acids is 1. The molecule has 0 aliphatic carbocycles. The highest BCUT2D eigenvalue weighted by atomic mass is 32.2. The first-order valence-electron chi connectivity index (χ1n) is 7.93. The molecule has 0 saturated carbocycles. The molecule has 1 aromatic heterocycles. The number of amides is 1. The van der Waals surface area contributed by atoms with E-state index in [1.807, 2.05) is 0 Å². The molecule has 3 rings (SSSR count). The zero-order valence-electron chi connectivity index (χ0n) is 13.7. The zero-order chi connectivity index (χ0) is 18.7. The average Bonchev–Trinajstić information content (AvgIpc) is 2.62. The number of para-hydroxylation sites is 1. The Hall–Kier alpha value is -2.68. The Balaban J connectivity index is 1.95. The van der Waals surface area contributed by atoms with Gasteiger partial charge in [-0.3, -0.25) is 14.4 Å². The van der Waals surface area contributed by atoms with E-state index in [1.54, 1.807) is 17.8 Å². The Labute approximate surface area is 152 Å². The van der Waals surface area contributed by atoms with Crippen LogP contribution in [-0.2, 0) is 4.79 Å². The van der Waals surface area contributed by atoms with Crippen molar-refractivity contribution in [2.75, 3.05) is 18.1 Å². The first kappa shape index (κ1) is 18.1. The molecular formula is C17H16FN3O4S. The van der Waals surface area contributed by atoms with Crippen LogP contribution in [0, 0.1) is 5.82 Å². The van der Waals surface area contributed by atoms with Crippen LogP contribution in [0.4, 0.5) is 4.39 Å². The monoisotopic (exact) mass is 377 g/mol. The maximum Gasteiger partial charge on any atom is 0.305 e. The van der Waals surface area contributed by atoms with Crippen molar-refractivity contribution in [2.24, 2.45) is 0 Å². The van der Waals surface area contributed by atoms with Gasteiger partial charge in [0.25, 0.3) is 11.5 Å². The summed E-state index contributed by atoms with van der Waals surface area (Å²) in [4.78, 5) is 37.4. The Bertz CT molecular complexity index is 902. The van der Waals surface area contributed by atoms with Crippen molar-refractivity contribution in [1.29, 1.82) is 0 Å². The van der Waals surface area contributed by atoms with Gasteiger partial charge in [0.15, 0.2) is 0 Å². The molecule has 7 nitrogen and oxygen atoms in total. The Morgan fingerprint density at radius 3 is 2.77 bits per heavy atom. The fraction of sp³-hybridized carbons (Fsp3) is 0.294. The van der Waals surface area contributed by atoms with Gasteiger partial charge in [-0.15, -0.1) is 0 Å². The lowest BCUT2D eigenvalue weighted by Crippen LogP contribution is -2.47. The lowest BCUT2D eigenvalue weighted by atomic mass is 10.1. The molecule has 1 N–H and O–H groups in total. The van der Waals surface area contributed by atoms with Crippen molar-refractivity contribution in [3.05, 3.63) is 58.3 Å². The third kappa shape index (κ3) is 3.77. The predicted molar refractivity (Wildman–Crippen MR) is 94.2 cm³/mol. The van der Waals surface area contributed by atoms with E-state index in [9.17, 15) is 18.8 Å². The molecule has 1 fully saturated rings. The highest BCUT2D eigenvalue weighted by molar-refractivity contribution is 7.99. The molecule has 1 unspecified atom stereocenters. The van der Waals surface area contributed by atoms with E-state index in [2.05, 4.69) is 5.10 Å². The van der Waals surface area contributed by atoms with Gasteiger partial charge in [-0.1, -0.05) is 12.1 Å². The van der Waals surface area contributed by atoms with Gasteiger partial charge >= 0.3 is 5.97 Å². The van der Waals surface area contributed by atoms with Crippen molar-refractivity contribution >= 4 is 23.6 Å². The molecule has 1 amide bonds. The number of nitrogens with zero attached hydrogens (tertiary/aromatic N) is 3. The Morgan fingerprint density at radius 1 is 1.27 bits per heavy atom. The van der Waals surface area contributed by atoms with Crippen LogP contribution in [-0.4, -0.2) is 55.8 Å². The number of hydrogen-bond donors (Lipinski definition) is 1. The van der Waals surface area contributed by atoms with Crippen molar-refractivity contribution in [2.45, 2.75) is 12.5 Å². The summed E-state index contributed by atoms with van der Waals surface area (Å²) in [6.45, 7) is 0.391. The molecule has 0 bridgehead atoms. The number of carbonyl (C=O) groups is 2. The van der Waals surface area contributed by atoms with Gasteiger partial charge in [0, 0.05) is 24.1 Å². The van der Waals surface area contributed by atoms with Crippen molar-refractivity contribution in [1.82, 2.24) is 14.7 Å². The highest BCUT2D eigenvalue weighted by Crippen LogP contribution is 2.21. The van der Waals surface area contributed by atoms with Crippen LogP contribution in [0.15, 0.2) is 41.2 Å². The van der Waals surface area contributed by atoms with Gasteiger partial charge in [-0.05, 0) is 18.2 Å². The Kier molecular flexibility index (Phi) is 5.36. The summed E-state index contributed by atoms with van der Waals surface area (Å²) in [7, 11) is 0. The first-order chi connectivity index (χ1) is 12.5. The number of aromatic nitrogens is 2. The van der Waals surface area contributed by atoms with Crippen LogP contribution in [0.5, 0.6) is 0 Å². The molecule has 1 atom stereocenters. The summed E-state index contributed by atoms with van der Waals surface area (Å²) < 4.78 is 14.8. The fourth-order valence-electron chi connectivity index (χ4n) is 2.76. The summed E-state index contributed by atoms with van der Waals surface area (Å²) in [6, 6.07) is 7.62. The molecule has 9 heteroatoms. The number of aliphatic carboxylic acids is 1. The number of carboxylic acid groups (broad SMARTS) is 1. The standard InChI is InChI=1S/C17H16FN3O4S/c18-12-3-1-2-4-14(12)21-15(22)6-5-13(19-21)17(25)20-7-8-26-10-11(20)9-16(23)24/h1-6,11H,7-10H2,(H,23,24). The van der Waals surface area contributed by atoms with Crippen molar-refractivity contribution in [3.8, 4) is 5.69 Å². The smallest absolute Gasteiger partial charge is 0.305 e. The van der Waals surface area contributed by atoms with E-state index >= 15 is 0 Å². The van der Waals surface area contributed by atoms with E-state index < -0.39 is 29.3 Å². The van der Waals surface area contributed by atoms with E-state index in [1.165, 1.54) is 29.2 Å². The summed E-state index contributed by atoms with van der Waals surface area (Å²) in [5, 5.41) is 13.1. The van der Waals surface area contributed by atoms with E-state index in [0.29, 0.717) is 18.1 Å². The van der Waals surface area contributed by atoms with Crippen LogP contribution in [0.3, 0.4) is 0 Å². The minimum Gasteiger partial charge on any atom is -0.481 e. The van der Waals surface area contributed by atoms with E-state index in [4.69, 9.17) is 5.11 Å². The lowest BCUT2D eigenvalue weighted by Gasteiger charge is -2.34.